The Morgan fingerprint density at radius 3 is 1.85 bits per heavy atom. The molecule has 2 heteroatoms. The molecule has 0 amide bonds. The van der Waals surface area contributed by atoms with Gasteiger partial charge >= 0.3 is 0 Å². The van der Waals surface area contributed by atoms with Crippen LogP contribution >= 0.6 is 0 Å². The van der Waals surface area contributed by atoms with Gasteiger partial charge in [0.15, 0.2) is 0 Å². The maximum absolute atomic E-state index is 10.6. The highest BCUT2D eigenvalue weighted by Gasteiger charge is 2.88. The van der Waals surface area contributed by atoms with Gasteiger partial charge in [0.1, 0.15) is 5.75 Å². The molecule has 29 atom stereocenters. The zero-order valence-electron chi connectivity index (χ0n) is 36.7. The van der Waals surface area contributed by atoms with E-state index in [-0.39, 0.29) is 0 Å². The quantitative estimate of drug-likeness (QED) is 0.225. The number of benzene rings is 1. The molecule has 14 saturated carbocycles. The molecule has 0 bridgehead atoms. The Balaban J connectivity index is 0.832. The summed E-state index contributed by atoms with van der Waals surface area (Å²) >= 11 is 0. The Labute approximate surface area is 360 Å². The number of nitrogens with zero attached hydrogens (tertiary/aromatic N) is 1. The summed E-state index contributed by atoms with van der Waals surface area (Å²) in [6, 6.07) is 9.48. The summed E-state index contributed by atoms with van der Waals surface area (Å²) in [5.41, 5.74) is 8.41. The minimum absolute atomic E-state index is 0.450. The number of hydrogen-bond acceptors (Lipinski definition) is 2. The summed E-state index contributed by atoms with van der Waals surface area (Å²) in [5, 5.41) is 10.6. The van der Waals surface area contributed by atoms with Crippen LogP contribution in [0.15, 0.2) is 47.1 Å². The lowest BCUT2D eigenvalue weighted by Gasteiger charge is -2.63. The fourth-order valence-electron chi connectivity index (χ4n) is 27.6. The average molecular weight is 800 g/mol. The second kappa shape index (κ2) is 10.9. The number of hydrogen-bond donors (Lipinski definition) is 1. The van der Waals surface area contributed by atoms with E-state index in [4.69, 9.17) is 0 Å². The molecule has 1 spiro atoms. The number of fused-ring (bicyclic) bond motifs is 1. The van der Waals surface area contributed by atoms with Gasteiger partial charge < -0.3 is 10.0 Å². The van der Waals surface area contributed by atoms with Gasteiger partial charge in [-0.25, -0.2) is 0 Å². The molecule has 0 aromatic heterocycles. The van der Waals surface area contributed by atoms with E-state index in [9.17, 15) is 5.11 Å². The van der Waals surface area contributed by atoms with Crippen LogP contribution in [0.4, 0.5) is 5.69 Å². The zero-order valence-corrected chi connectivity index (χ0v) is 36.7. The Morgan fingerprint density at radius 1 is 0.550 bits per heavy atom. The van der Waals surface area contributed by atoms with E-state index in [0.717, 1.165) is 124 Å². The molecular weight excluding hydrogens is 727 g/mol. The number of allylic oxidation sites excluding steroid dienone is 4. The average Bonchev–Trinajstić information content (AvgIpc) is 4.11. The van der Waals surface area contributed by atoms with Gasteiger partial charge in [0, 0.05) is 18.3 Å². The maximum atomic E-state index is 10.6. The van der Waals surface area contributed by atoms with Gasteiger partial charge in [-0.1, -0.05) is 76.4 Å². The van der Waals surface area contributed by atoms with Gasteiger partial charge in [-0.15, -0.1) is 0 Å². The SMILES string of the molecule is CCCCCCCCCCCC1C2C3C=C4CC5CC6CC7CC8CC9CC%10CC2(CN1c1ccc(O)cc1)C1C%10C2C9C9C8C7C7C6C6C5C4=C4C5C6C7C9C2C5C1C43. The highest BCUT2D eigenvalue weighted by molar-refractivity contribution is 5.59. The summed E-state index contributed by atoms with van der Waals surface area (Å²) in [7, 11) is 0. The Hall–Kier alpha value is -1.70. The van der Waals surface area contributed by atoms with E-state index >= 15 is 0 Å². The van der Waals surface area contributed by atoms with Crippen molar-refractivity contribution in [2.24, 2.45) is 165 Å². The molecule has 2 nitrogen and oxygen atoms in total. The van der Waals surface area contributed by atoms with Crippen LogP contribution in [0.1, 0.15) is 116 Å². The van der Waals surface area contributed by atoms with Crippen LogP contribution in [-0.2, 0) is 0 Å². The highest BCUT2D eigenvalue weighted by atomic mass is 16.3. The minimum atomic E-state index is 0.450. The number of unbranched alkanes of at least 4 members (excludes halogenated alkanes) is 8. The van der Waals surface area contributed by atoms with Crippen molar-refractivity contribution in [3.8, 4) is 5.75 Å². The lowest BCUT2D eigenvalue weighted by Crippen LogP contribution is -2.61. The molecule has 316 valence electrons. The van der Waals surface area contributed by atoms with E-state index in [1.54, 1.807) is 38.5 Å². The van der Waals surface area contributed by atoms with Crippen LogP contribution in [0.2, 0.25) is 0 Å². The monoisotopic (exact) mass is 800 g/mol. The first kappa shape index (κ1) is 33.8. The van der Waals surface area contributed by atoms with Gasteiger partial charge in [-0.3, -0.25) is 0 Å². The maximum Gasteiger partial charge on any atom is 0.115 e. The van der Waals surface area contributed by atoms with Gasteiger partial charge in [0.25, 0.3) is 0 Å². The van der Waals surface area contributed by atoms with Crippen LogP contribution in [0.3, 0.4) is 0 Å². The molecule has 1 aromatic rings. The van der Waals surface area contributed by atoms with Crippen molar-refractivity contribution >= 4 is 5.69 Å². The zero-order chi connectivity index (χ0) is 38.4. The van der Waals surface area contributed by atoms with Crippen LogP contribution in [-0.4, -0.2) is 17.7 Å². The van der Waals surface area contributed by atoms with Crippen LogP contribution in [0.25, 0.3) is 0 Å². The summed E-state index contributed by atoms with van der Waals surface area (Å²) in [6.45, 7) is 3.71. The number of rotatable bonds is 11. The topological polar surface area (TPSA) is 23.5 Å². The molecule has 60 heavy (non-hydrogen) atoms. The number of phenols is 1. The molecule has 15 fully saturated rings. The van der Waals surface area contributed by atoms with E-state index in [0.29, 0.717) is 17.2 Å². The van der Waals surface area contributed by atoms with Crippen molar-refractivity contribution in [3.05, 3.63) is 47.1 Å². The highest BCUT2D eigenvalue weighted by Crippen LogP contribution is 2.93. The summed E-state index contributed by atoms with van der Waals surface area (Å²) in [4.78, 5) is 3.09. The predicted octanol–water partition coefficient (Wildman–Crippen LogP) is 12.3. The third-order valence-corrected chi connectivity index (χ3v) is 26.7. The van der Waals surface area contributed by atoms with Crippen molar-refractivity contribution in [2.45, 2.75) is 122 Å². The number of anilines is 1. The third-order valence-electron chi connectivity index (χ3n) is 26.7. The Kier molecular flexibility index (Phi) is 6.11. The summed E-state index contributed by atoms with van der Waals surface area (Å²) in [5.74, 6) is 29.6. The fraction of sp³-hybridized carbons (Fsp3) is 0.828. The predicted molar refractivity (Wildman–Crippen MR) is 235 cm³/mol. The fourth-order valence-corrected chi connectivity index (χ4v) is 27.6. The van der Waals surface area contributed by atoms with Gasteiger partial charge in [-0.05, 0) is 252 Å². The molecule has 17 aliphatic rings. The van der Waals surface area contributed by atoms with E-state index in [1.807, 2.05) is 17.7 Å². The molecule has 16 aliphatic carbocycles. The van der Waals surface area contributed by atoms with E-state index in [1.165, 1.54) is 118 Å². The van der Waals surface area contributed by atoms with Crippen molar-refractivity contribution < 1.29 is 5.11 Å². The van der Waals surface area contributed by atoms with Crippen molar-refractivity contribution in [3.63, 3.8) is 0 Å². The molecule has 29 unspecified atom stereocenters. The summed E-state index contributed by atoms with van der Waals surface area (Å²) in [6.07, 6.45) is 29.0. The van der Waals surface area contributed by atoms with Crippen molar-refractivity contribution in [2.75, 3.05) is 11.4 Å². The smallest absolute Gasteiger partial charge is 0.115 e. The van der Waals surface area contributed by atoms with Crippen molar-refractivity contribution in [1.82, 2.24) is 0 Å². The molecule has 1 aromatic carbocycles. The van der Waals surface area contributed by atoms with E-state index < -0.39 is 0 Å². The van der Waals surface area contributed by atoms with E-state index in [2.05, 4.69) is 41.2 Å². The molecule has 0 radical (unpaired) electrons. The van der Waals surface area contributed by atoms with Gasteiger partial charge in [0.2, 0.25) is 0 Å². The normalized spacial score (nSPS) is 62.7. The molecule has 1 saturated heterocycles. The van der Waals surface area contributed by atoms with Crippen LogP contribution in [0, 0.1) is 165 Å². The second-order valence-electron chi connectivity index (χ2n) is 27.1. The molecule has 18 rings (SSSR count). The van der Waals surface area contributed by atoms with Gasteiger partial charge in [0.05, 0.1) is 0 Å². The van der Waals surface area contributed by atoms with Crippen LogP contribution in [0.5, 0.6) is 5.75 Å². The van der Waals surface area contributed by atoms with Gasteiger partial charge in [-0.2, -0.15) is 0 Å². The second-order valence-corrected chi connectivity index (χ2v) is 27.1. The number of aromatic hydroxyl groups is 1. The third kappa shape index (κ3) is 3.39. The minimum Gasteiger partial charge on any atom is -0.508 e. The lowest BCUT2D eigenvalue weighted by atomic mass is 9.41. The largest absolute Gasteiger partial charge is 0.508 e. The first-order chi connectivity index (χ1) is 29.6. The molecule has 1 heterocycles. The Bertz CT molecular complexity index is 2170. The summed E-state index contributed by atoms with van der Waals surface area (Å²) < 4.78 is 0. The van der Waals surface area contributed by atoms with Crippen LogP contribution < -0.4 is 4.90 Å². The first-order valence-electron chi connectivity index (χ1n) is 27.7. The van der Waals surface area contributed by atoms with Crippen molar-refractivity contribution in [1.29, 1.82) is 0 Å². The first-order valence-corrected chi connectivity index (χ1v) is 27.7. The molecule has 1 N–H and O–H groups in total. The lowest BCUT2D eigenvalue weighted by molar-refractivity contribution is -0.161. The molecular formula is C58H73NO. The molecule has 1 aliphatic heterocycles. The number of phenolic OH excluding ortho intramolecular Hbond substituents is 1. The Morgan fingerprint density at radius 2 is 1.12 bits per heavy atom. The standard InChI is InChI=1S/C58H73NO/c1-2-3-4-5-6-7-8-9-10-11-35-56-34-22-30-20-27-18-28-17-25-16-26-19-29-21-31-23-58(56,24-59(35)32-12-14-33(60)15-13-32)57-42(31)47-41(29)46-37(26)36(25)44-40(28)45-38(27)39(30)48-43(34)55(57)54-52(47)50(46)49(44)51(45)53(48)54/h12-15,22,25-29,31,34-38,40-47,49-57,60H,2-11,16-21,23-24H2,1H3.